The third-order valence-electron chi connectivity index (χ3n) is 2.89. The van der Waals surface area contributed by atoms with E-state index in [1.807, 2.05) is 0 Å². The SMILES string of the molecule is COC(=O)C([C@H](NC(=O)OC(C)(C)C)c1ccc(Cl)cc1)[N+](=O)[O-]. The summed E-state index contributed by atoms with van der Waals surface area (Å²) in [4.78, 5) is 34.4. The van der Waals surface area contributed by atoms with Gasteiger partial charge in [0.1, 0.15) is 11.6 Å². The predicted molar refractivity (Wildman–Crippen MR) is 86.4 cm³/mol. The molecular weight excluding hydrogens is 340 g/mol. The van der Waals surface area contributed by atoms with Gasteiger partial charge < -0.3 is 14.8 Å². The summed E-state index contributed by atoms with van der Waals surface area (Å²) >= 11 is 5.80. The van der Waals surface area contributed by atoms with Crippen LogP contribution < -0.4 is 5.32 Å². The van der Waals surface area contributed by atoms with E-state index in [0.717, 1.165) is 7.11 Å². The quantitative estimate of drug-likeness (QED) is 0.492. The number of amides is 1. The lowest BCUT2D eigenvalue weighted by Gasteiger charge is -2.24. The van der Waals surface area contributed by atoms with E-state index in [0.29, 0.717) is 10.6 Å². The number of esters is 1. The highest BCUT2D eigenvalue weighted by Gasteiger charge is 2.42. The summed E-state index contributed by atoms with van der Waals surface area (Å²) in [5, 5.41) is 14.1. The van der Waals surface area contributed by atoms with Crippen molar-refractivity contribution in [2.45, 2.75) is 38.5 Å². The Kier molecular flexibility index (Phi) is 6.53. The Morgan fingerprint density at radius 1 is 1.25 bits per heavy atom. The van der Waals surface area contributed by atoms with Gasteiger partial charge in [0.25, 0.3) is 0 Å². The average molecular weight is 359 g/mol. The Morgan fingerprint density at radius 2 is 1.79 bits per heavy atom. The maximum atomic E-state index is 12.0. The number of nitrogens with one attached hydrogen (secondary N) is 1. The summed E-state index contributed by atoms with van der Waals surface area (Å²) in [6, 6.07) is 2.83. The van der Waals surface area contributed by atoms with Gasteiger partial charge in [-0.3, -0.25) is 10.1 Å². The van der Waals surface area contributed by atoms with Crippen molar-refractivity contribution in [3.05, 3.63) is 45.0 Å². The van der Waals surface area contributed by atoms with E-state index in [9.17, 15) is 19.7 Å². The summed E-state index contributed by atoms with van der Waals surface area (Å²) in [6.07, 6.45) is -0.891. The fourth-order valence-corrected chi connectivity index (χ4v) is 2.04. The molecule has 1 aromatic carbocycles. The van der Waals surface area contributed by atoms with Gasteiger partial charge in [-0.2, -0.15) is 0 Å². The molecule has 0 aliphatic rings. The standard InChI is InChI=1S/C15H19ClN2O6/c1-15(2,3)24-14(20)17-11(9-5-7-10(16)8-6-9)12(18(21)22)13(19)23-4/h5-8,11-12H,1-4H3,(H,17,20)/t11-,12?/m1/s1. The number of nitro groups is 1. The van der Waals surface area contributed by atoms with Crippen LogP contribution in [0.15, 0.2) is 24.3 Å². The van der Waals surface area contributed by atoms with Crippen molar-refractivity contribution in [2.75, 3.05) is 7.11 Å². The van der Waals surface area contributed by atoms with E-state index < -0.39 is 34.7 Å². The molecule has 0 fully saturated rings. The first-order valence-electron chi connectivity index (χ1n) is 7.01. The van der Waals surface area contributed by atoms with Crippen molar-refractivity contribution in [2.24, 2.45) is 0 Å². The highest BCUT2D eigenvalue weighted by molar-refractivity contribution is 6.30. The maximum absolute atomic E-state index is 12.0. The molecule has 9 heteroatoms. The van der Waals surface area contributed by atoms with Crippen molar-refractivity contribution >= 4 is 23.7 Å². The molecule has 1 aromatic rings. The number of rotatable bonds is 5. The van der Waals surface area contributed by atoms with Crippen LogP contribution in [0.1, 0.15) is 32.4 Å². The van der Waals surface area contributed by atoms with Gasteiger partial charge in [0.05, 0.1) is 7.11 Å². The molecule has 0 saturated heterocycles. The molecule has 0 aromatic heterocycles. The van der Waals surface area contributed by atoms with Crippen LogP contribution in [0.25, 0.3) is 0 Å². The number of carbonyl (C=O) groups is 2. The molecular formula is C15H19ClN2O6. The van der Waals surface area contributed by atoms with Crippen molar-refractivity contribution < 1.29 is 24.0 Å². The van der Waals surface area contributed by atoms with Gasteiger partial charge in [0.15, 0.2) is 0 Å². The minimum atomic E-state index is -1.83. The van der Waals surface area contributed by atoms with E-state index in [4.69, 9.17) is 16.3 Å². The number of hydrogen-bond donors (Lipinski definition) is 1. The Morgan fingerprint density at radius 3 is 2.21 bits per heavy atom. The average Bonchev–Trinajstić information content (AvgIpc) is 2.44. The zero-order chi connectivity index (χ0) is 18.5. The molecule has 0 spiro atoms. The molecule has 0 aliphatic carbocycles. The molecule has 0 saturated carbocycles. The first-order valence-corrected chi connectivity index (χ1v) is 7.39. The van der Waals surface area contributed by atoms with Gasteiger partial charge in [0, 0.05) is 9.95 Å². The van der Waals surface area contributed by atoms with Crippen LogP contribution in [-0.4, -0.2) is 35.7 Å². The Bertz CT molecular complexity index is 611. The number of hydrogen-bond acceptors (Lipinski definition) is 6. The Balaban J connectivity index is 3.19. The molecule has 1 amide bonds. The molecule has 132 valence electrons. The number of halogens is 1. The number of nitrogens with zero attached hydrogens (tertiary/aromatic N) is 1. The number of ether oxygens (including phenoxy) is 2. The van der Waals surface area contributed by atoms with Crippen molar-refractivity contribution in [3.8, 4) is 0 Å². The van der Waals surface area contributed by atoms with E-state index in [2.05, 4.69) is 10.1 Å². The van der Waals surface area contributed by atoms with E-state index in [1.54, 1.807) is 20.8 Å². The highest BCUT2D eigenvalue weighted by Crippen LogP contribution is 2.23. The van der Waals surface area contributed by atoms with Crippen molar-refractivity contribution in [1.29, 1.82) is 0 Å². The summed E-state index contributed by atoms with van der Waals surface area (Å²) in [5.74, 6) is -1.09. The topological polar surface area (TPSA) is 108 Å². The molecule has 1 N–H and O–H groups in total. The van der Waals surface area contributed by atoms with Crippen LogP contribution in [0.2, 0.25) is 5.02 Å². The van der Waals surface area contributed by atoms with Crippen LogP contribution in [0.3, 0.4) is 0 Å². The van der Waals surface area contributed by atoms with Crippen LogP contribution in [0, 0.1) is 10.1 Å². The Hall–Kier alpha value is -2.35. The van der Waals surface area contributed by atoms with Crippen LogP contribution in [0.5, 0.6) is 0 Å². The van der Waals surface area contributed by atoms with Crippen molar-refractivity contribution in [1.82, 2.24) is 5.32 Å². The minimum Gasteiger partial charge on any atom is -0.464 e. The van der Waals surface area contributed by atoms with E-state index in [1.165, 1.54) is 24.3 Å². The summed E-state index contributed by atoms with van der Waals surface area (Å²) in [6.45, 7) is 4.94. The van der Waals surface area contributed by atoms with Gasteiger partial charge in [-0.25, -0.2) is 9.59 Å². The van der Waals surface area contributed by atoms with Crippen molar-refractivity contribution in [3.63, 3.8) is 0 Å². The fourth-order valence-electron chi connectivity index (χ4n) is 1.91. The maximum Gasteiger partial charge on any atom is 0.408 e. The molecule has 8 nitrogen and oxygen atoms in total. The lowest BCUT2D eigenvalue weighted by molar-refractivity contribution is -0.515. The van der Waals surface area contributed by atoms with Crippen LogP contribution in [0.4, 0.5) is 4.79 Å². The van der Waals surface area contributed by atoms with E-state index in [-0.39, 0.29) is 0 Å². The zero-order valence-corrected chi connectivity index (χ0v) is 14.5. The fraction of sp³-hybridized carbons (Fsp3) is 0.467. The second-order valence-electron chi connectivity index (χ2n) is 5.93. The third-order valence-corrected chi connectivity index (χ3v) is 3.14. The number of alkyl carbamates (subject to hydrolysis) is 1. The predicted octanol–water partition coefficient (Wildman–Crippen LogP) is 2.72. The highest BCUT2D eigenvalue weighted by atomic mass is 35.5. The van der Waals surface area contributed by atoms with E-state index >= 15 is 0 Å². The molecule has 0 radical (unpaired) electrons. The third kappa shape index (κ3) is 5.69. The molecule has 0 bridgehead atoms. The van der Waals surface area contributed by atoms with Gasteiger partial charge in [-0.05, 0) is 38.5 Å². The normalized spacial score (nSPS) is 13.5. The molecule has 2 atom stereocenters. The number of methoxy groups -OCH3 is 1. The first kappa shape index (κ1) is 19.7. The molecule has 0 heterocycles. The largest absolute Gasteiger partial charge is 0.464 e. The molecule has 1 rings (SSSR count). The molecule has 24 heavy (non-hydrogen) atoms. The van der Waals surface area contributed by atoms with Gasteiger partial charge in [0.2, 0.25) is 0 Å². The first-order chi connectivity index (χ1) is 11.0. The number of carbonyl (C=O) groups excluding carboxylic acids is 2. The zero-order valence-electron chi connectivity index (χ0n) is 13.7. The molecule has 0 aliphatic heterocycles. The monoisotopic (exact) mass is 358 g/mol. The van der Waals surface area contributed by atoms with Gasteiger partial charge in [-0.15, -0.1) is 0 Å². The second kappa shape index (κ2) is 7.96. The lowest BCUT2D eigenvalue weighted by atomic mass is 10.00. The van der Waals surface area contributed by atoms with Gasteiger partial charge >= 0.3 is 18.1 Å². The van der Waals surface area contributed by atoms with Crippen LogP contribution >= 0.6 is 11.6 Å². The molecule has 1 unspecified atom stereocenters. The second-order valence-corrected chi connectivity index (χ2v) is 6.37. The van der Waals surface area contributed by atoms with Crippen LogP contribution in [-0.2, 0) is 14.3 Å². The van der Waals surface area contributed by atoms with Gasteiger partial charge in [-0.1, -0.05) is 23.7 Å². The number of benzene rings is 1. The lowest BCUT2D eigenvalue weighted by Crippen LogP contribution is -2.46. The summed E-state index contributed by atoms with van der Waals surface area (Å²) < 4.78 is 9.59. The smallest absolute Gasteiger partial charge is 0.408 e. The summed E-state index contributed by atoms with van der Waals surface area (Å²) in [7, 11) is 1.03. The Labute approximate surface area is 144 Å². The summed E-state index contributed by atoms with van der Waals surface area (Å²) in [5.41, 5.74) is -0.485. The minimum absolute atomic E-state index is 0.317.